The smallest absolute Gasteiger partial charge is 0.414 e. The largest absolute Gasteiger partial charge is 0.442 e. The first-order chi connectivity index (χ1) is 11.9. The number of halogens is 2. The number of methoxy groups -OCH3 is 1. The second kappa shape index (κ2) is 6.83. The molecule has 9 heteroatoms. The van der Waals surface area contributed by atoms with Gasteiger partial charge in [-0.3, -0.25) is 9.69 Å². The highest BCUT2D eigenvalue weighted by Gasteiger charge is 2.35. The first-order valence-corrected chi connectivity index (χ1v) is 7.88. The molecule has 2 saturated heterocycles. The number of ether oxygens (including phenoxy) is 2. The van der Waals surface area contributed by atoms with Crippen molar-refractivity contribution in [3.05, 3.63) is 23.8 Å². The van der Waals surface area contributed by atoms with Gasteiger partial charge in [-0.2, -0.15) is 0 Å². The minimum Gasteiger partial charge on any atom is -0.442 e. The van der Waals surface area contributed by atoms with Crippen molar-refractivity contribution >= 4 is 23.4 Å². The van der Waals surface area contributed by atoms with Crippen molar-refractivity contribution in [1.82, 2.24) is 5.32 Å². The molecule has 0 unspecified atom stereocenters. The van der Waals surface area contributed by atoms with Gasteiger partial charge >= 0.3 is 6.09 Å². The lowest BCUT2D eigenvalue weighted by molar-refractivity contribution is -0.119. The van der Waals surface area contributed by atoms with Gasteiger partial charge in [-0.05, 0) is 0 Å². The summed E-state index contributed by atoms with van der Waals surface area (Å²) in [4.78, 5) is 25.6. The highest BCUT2D eigenvalue weighted by atomic mass is 19.1. The maximum atomic E-state index is 14.4. The first-order valence-electron chi connectivity index (χ1n) is 7.88. The van der Waals surface area contributed by atoms with Gasteiger partial charge in [0.25, 0.3) is 0 Å². The van der Waals surface area contributed by atoms with Crippen molar-refractivity contribution in [1.29, 1.82) is 0 Å². The van der Waals surface area contributed by atoms with Gasteiger partial charge in [0, 0.05) is 39.3 Å². The lowest BCUT2D eigenvalue weighted by atomic mass is 10.1. The lowest BCUT2D eigenvalue weighted by Gasteiger charge is -2.40. The Balaban J connectivity index is 1.73. The van der Waals surface area contributed by atoms with Crippen molar-refractivity contribution < 1.29 is 27.8 Å². The highest BCUT2D eigenvalue weighted by molar-refractivity contribution is 5.90. The summed E-state index contributed by atoms with van der Waals surface area (Å²) >= 11 is 0. The summed E-state index contributed by atoms with van der Waals surface area (Å²) in [6.07, 6.45) is -1.31. The van der Waals surface area contributed by atoms with Gasteiger partial charge in [0.2, 0.25) is 5.91 Å². The van der Waals surface area contributed by atoms with Crippen LogP contribution in [0.4, 0.5) is 25.0 Å². The summed E-state index contributed by atoms with van der Waals surface area (Å²) in [7, 11) is 1.55. The molecule has 0 bridgehead atoms. The summed E-state index contributed by atoms with van der Waals surface area (Å²) in [6, 6.07) is 2.22. The van der Waals surface area contributed by atoms with Gasteiger partial charge in [0.15, 0.2) is 11.6 Å². The zero-order valence-corrected chi connectivity index (χ0v) is 13.9. The fourth-order valence-corrected chi connectivity index (χ4v) is 2.88. The molecule has 1 atom stereocenters. The van der Waals surface area contributed by atoms with Crippen LogP contribution in [0.2, 0.25) is 0 Å². The number of carbonyl (C=O) groups excluding carboxylic acids is 2. The fraction of sp³-hybridized carbons (Fsp3) is 0.500. The van der Waals surface area contributed by atoms with E-state index < -0.39 is 23.8 Å². The zero-order chi connectivity index (χ0) is 18.1. The molecule has 7 nitrogen and oxygen atoms in total. The maximum Gasteiger partial charge on any atom is 0.414 e. The molecule has 1 N–H and O–H groups in total. The lowest BCUT2D eigenvalue weighted by Crippen LogP contribution is -2.52. The van der Waals surface area contributed by atoms with Crippen LogP contribution in [-0.4, -0.2) is 57.5 Å². The van der Waals surface area contributed by atoms with Gasteiger partial charge in [-0.15, -0.1) is 0 Å². The molecule has 2 fully saturated rings. The molecule has 0 aliphatic carbocycles. The molecule has 0 radical (unpaired) electrons. The van der Waals surface area contributed by atoms with Gasteiger partial charge < -0.3 is 19.7 Å². The molecular formula is C16H19F2N3O4. The number of hydrogen-bond acceptors (Lipinski definition) is 5. The number of carbonyl (C=O) groups is 2. The molecule has 2 heterocycles. The second-order valence-corrected chi connectivity index (χ2v) is 6.07. The van der Waals surface area contributed by atoms with E-state index in [-0.39, 0.29) is 36.5 Å². The minimum atomic E-state index is -0.748. The number of amides is 2. The molecule has 25 heavy (non-hydrogen) atoms. The van der Waals surface area contributed by atoms with E-state index in [9.17, 15) is 18.4 Å². The van der Waals surface area contributed by atoms with Crippen LogP contribution in [0.15, 0.2) is 12.1 Å². The predicted molar refractivity (Wildman–Crippen MR) is 85.7 cm³/mol. The summed E-state index contributed by atoms with van der Waals surface area (Å²) in [5.74, 6) is -1.75. The number of rotatable bonds is 5. The van der Waals surface area contributed by atoms with E-state index in [1.54, 1.807) is 12.0 Å². The Bertz CT molecular complexity index is 671. The van der Waals surface area contributed by atoms with Crippen LogP contribution in [0, 0.1) is 11.6 Å². The fourth-order valence-electron chi connectivity index (χ4n) is 2.88. The first kappa shape index (κ1) is 17.4. The van der Waals surface area contributed by atoms with Crippen molar-refractivity contribution in [3.8, 4) is 0 Å². The van der Waals surface area contributed by atoms with Crippen LogP contribution in [0.5, 0.6) is 0 Å². The Kier molecular flexibility index (Phi) is 4.76. The average molecular weight is 355 g/mol. The summed E-state index contributed by atoms with van der Waals surface area (Å²) < 4.78 is 39.0. The minimum absolute atomic E-state index is 0.0402. The quantitative estimate of drug-likeness (QED) is 0.861. The van der Waals surface area contributed by atoms with Crippen LogP contribution in [0.3, 0.4) is 0 Å². The van der Waals surface area contributed by atoms with E-state index in [1.165, 1.54) is 6.92 Å². The Morgan fingerprint density at radius 3 is 2.52 bits per heavy atom. The van der Waals surface area contributed by atoms with Crippen molar-refractivity contribution in [2.24, 2.45) is 0 Å². The number of benzene rings is 1. The normalized spacial score (nSPS) is 20.5. The monoisotopic (exact) mass is 355 g/mol. The number of cyclic esters (lactones) is 1. The highest BCUT2D eigenvalue weighted by Crippen LogP contribution is 2.33. The molecule has 0 aromatic heterocycles. The number of hydrogen-bond donors (Lipinski definition) is 1. The molecular weight excluding hydrogens is 336 g/mol. The van der Waals surface area contributed by atoms with E-state index in [2.05, 4.69) is 5.32 Å². The Morgan fingerprint density at radius 1 is 1.32 bits per heavy atom. The van der Waals surface area contributed by atoms with Crippen molar-refractivity contribution in [2.45, 2.75) is 19.1 Å². The van der Waals surface area contributed by atoms with Crippen LogP contribution < -0.4 is 15.1 Å². The number of nitrogens with one attached hydrogen (secondary N) is 1. The Hall–Kier alpha value is -2.42. The summed E-state index contributed by atoms with van der Waals surface area (Å²) in [5, 5.41) is 2.54. The van der Waals surface area contributed by atoms with Crippen LogP contribution >= 0.6 is 0 Å². The van der Waals surface area contributed by atoms with Gasteiger partial charge in [-0.25, -0.2) is 13.6 Å². The molecule has 1 aromatic carbocycles. The molecule has 0 spiro atoms. The van der Waals surface area contributed by atoms with Crippen molar-refractivity contribution in [2.75, 3.05) is 43.1 Å². The predicted octanol–water partition coefficient (Wildman–Crippen LogP) is 1.26. The van der Waals surface area contributed by atoms with Crippen LogP contribution in [0.25, 0.3) is 0 Å². The zero-order valence-electron chi connectivity index (χ0n) is 13.9. The average Bonchev–Trinajstić information content (AvgIpc) is 2.87. The Labute approximate surface area is 143 Å². The van der Waals surface area contributed by atoms with E-state index in [0.29, 0.717) is 13.1 Å². The number of nitrogens with zero attached hydrogens (tertiary/aromatic N) is 2. The summed E-state index contributed by atoms with van der Waals surface area (Å²) in [5.41, 5.74) is -0.0442. The Morgan fingerprint density at radius 2 is 1.96 bits per heavy atom. The molecule has 136 valence electrons. The standard InChI is InChI=1S/C16H19F2N3O4/c1-9(22)19-5-11-8-21(16(23)25-11)10-3-13(17)15(14(18)4-10)20-6-12(7-20)24-2/h3-4,11-12H,5-8H2,1-2H3,(H,19,22)/t11-/m0/s1. The molecule has 2 aliphatic heterocycles. The van der Waals surface area contributed by atoms with Gasteiger partial charge in [-0.1, -0.05) is 0 Å². The van der Waals surface area contributed by atoms with E-state index >= 15 is 0 Å². The van der Waals surface area contributed by atoms with E-state index in [0.717, 1.165) is 17.0 Å². The topological polar surface area (TPSA) is 71.1 Å². The van der Waals surface area contributed by atoms with E-state index in [1.807, 2.05) is 0 Å². The molecule has 0 saturated carbocycles. The molecule has 2 amide bonds. The maximum absolute atomic E-state index is 14.4. The third kappa shape index (κ3) is 3.51. The van der Waals surface area contributed by atoms with E-state index in [4.69, 9.17) is 9.47 Å². The van der Waals surface area contributed by atoms with Crippen molar-refractivity contribution in [3.63, 3.8) is 0 Å². The second-order valence-electron chi connectivity index (χ2n) is 6.07. The molecule has 3 rings (SSSR count). The van der Waals surface area contributed by atoms with Gasteiger partial charge in [0.1, 0.15) is 11.8 Å². The SMILES string of the molecule is COC1CN(c2c(F)cc(N3C[C@H](CNC(C)=O)OC3=O)cc2F)C1. The third-order valence-corrected chi connectivity index (χ3v) is 4.26. The number of anilines is 2. The third-order valence-electron chi connectivity index (χ3n) is 4.26. The molecule has 2 aliphatic rings. The summed E-state index contributed by atoms with van der Waals surface area (Å²) in [6.45, 7) is 2.42. The molecule has 1 aromatic rings. The van der Waals surface area contributed by atoms with Crippen LogP contribution in [0.1, 0.15) is 6.92 Å². The van der Waals surface area contributed by atoms with Gasteiger partial charge in [0.05, 0.1) is 24.9 Å². The van der Waals surface area contributed by atoms with Crippen LogP contribution in [-0.2, 0) is 14.3 Å².